The van der Waals surface area contributed by atoms with Crippen molar-refractivity contribution >= 4 is 11.8 Å². The Morgan fingerprint density at radius 1 is 1.04 bits per heavy atom. The zero-order valence-electron chi connectivity index (χ0n) is 16.4. The minimum absolute atomic E-state index is 0.0380. The van der Waals surface area contributed by atoms with E-state index in [1.54, 1.807) is 16.1 Å². The lowest BCUT2D eigenvalue weighted by molar-refractivity contribution is -0.146. The normalized spacial score (nSPS) is 14.0. The second-order valence-corrected chi connectivity index (χ2v) is 8.23. The number of nitrogens with zero attached hydrogens (tertiary/aromatic N) is 2. The monoisotopic (exact) mass is 368 g/mol. The third-order valence-electron chi connectivity index (χ3n) is 4.69. The van der Waals surface area contributed by atoms with Crippen LogP contribution in [0.15, 0.2) is 53.1 Å². The van der Waals surface area contributed by atoms with Gasteiger partial charge in [0, 0.05) is 18.0 Å². The first-order valence-electron chi connectivity index (χ1n) is 9.50. The Bertz CT molecular complexity index is 759. The largest absolute Gasteiger partial charge is 0.467 e. The summed E-state index contributed by atoms with van der Waals surface area (Å²) in [7, 11) is 0. The maximum Gasteiger partial charge on any atom is 0.242 e. The highest BCUT2D eigenvalue weighted by atomic mass is 16.3. The smallest absolute Gasteiger partial charge is 0.242 e. The third-order valence-corrected chi connectivity index (χ3v) is 4.69. The van der Waals surface area contributed by atoms with Crippen molar-refractivity contribution in [2.24, 2.45) is 5.41 Å². The molecule has 3 rings (SSSR count). The van der Waals surface area contributed by atoms with Crippen LogP contribution in [0.3, 0.4) is 0 Å². The van der Waals surface area contributed by atoms with E-state index in [0.29, 0.717) is 13.1 Å². The minimum Gasteiger partial charge on any atom is -0.467 e. The summed E-state index contributed by atoms with van der Waals surface area (Å²) in [6.45, 7) is 6.71. The van der Waals surface area contributed by atoms with E-state index in [4.69, 9.17) is 4.42 Å². The van der Waals surface area contributed by atoms with Gasteiger partial charge in [-0.05, 0) is 30.5 Å². The molecule has 2 amide bonds. The number of hydrogen-bond acceptors (Lipinski definition) is 3. The fourth-order valence-electron chi connectivity index (χ4n) is 3.06. The van der Waals surface area contributed by atoms with E-state index in [2.05, 4.69) is 0 Å². The number of rotatable bonds is 7. The average molecular weight is 368 g/mol. The number of hydrogen-bond donors (Lipinski definition) is 0. The second-order valence-electron chi connectivity index (χ2n) is 8.23. The lowest BCUT2D eigenvalue weighted by Crippen LogP contribution is -2.47. The van der Waals surface area contributed by atoms with E-state index in [9.17, 15) is 9.59 Å². The molecular weight excluding hydrogens is 340 g/mol. The Morgan fingerprint density at radius 3 is 2.30 bits per heavy atom. The number of furan rings is 1. The van der Waals surface area contributed by atoms with Gasteiger partial charge in [0.15, 0.2) is 0 Å². The van der Waals surface area contributed by atoms with Gasteiger partial charge in [-0.3, -0.25) is 9.59 Å². The van der Waals surface area contributed by atoms with Crippen LogP contribution in [0.5, 0.6) is 0 Å². The standard InChI is InChI=1S/C22H28N2O3/c1-22(2,3)21(26)24(18-11-12-18)16-20(25)23(15-19-10-7-13-27-19)14-17-8-5-4-6-9-17/h4-10,13,18H,11-12,14-16H2,1-3H3. The van der Waals surface area contributed by atoms with Crippen molar-refractivity contribution in [2.45, 2.75) is 52.7 Å². The first kappa shape index (κ1) is 19.2. The van der Waals surface area contributed by atoms with E-state index in [0.717, 1.165) is 24.2 Å². The van der Waals surface area contributed by atoms with Crippen molar-refractivity contribution in [3.63, 3.8) is 0 Å². The van der Waals surface area contributed by atoms with Crippen LogP contribution >= 0.6 is 0 Å². The molecule has 0 atom stereocenters. The van der Waals surface area contributed by atoms with Gasteiger partial charge in [-0.1, -0.05) is 51.1 Å². The van der Waals surface area contributed by atoms with Crippen molar-refractivity contribution < 1.29 is 14.0 Å². The molecule has 27 heavy (non-hydrogen) atoms. The van der Waals surface area contributed by atoms with Gasteiger partial charge in [0.05, 0.1) is 12.8 Å². The zero-order chi connectivity index (χ0) is 19.4. The zero-order valence-corrected chi connectivity index (χ0v) is 16.4. The van der Waals surface area contributed by atoms with Gasteiger partial charge in [-0.15, -0.1) is 0 Å². The summed E-state index contributed by atoms with van der Waals surface area (Å²) in [4.78, 5) is 29.5. The predicted molar refractivity (Wildman–Crippen MR) is 104 cm³/mol. The van der Waals surface area contributed by atoms with Gasteiger partial charge < -0.3 is 14.2 Å². The molecule has 1 heterocycles. The molecular formula is C22H28N2O3. The van der Waals surface area contributed by atoms with E-state index in [1.807, 2.05) is 63.2 Å². The lowest BCUT2D eigenvalue weighted by Gasteiger charge is -2.31. The SMILES string of the molecule is CC(C)(C)C(=O)N(CC(=O)N(Cc1ccccc1)Cc1ccco1)C1CC1. The third kappa shape index (κ3) is 5.22. The molecule has 5 heteroatoms. The van der Waals surface area contributed by atoms with Crippen LogP contribution in [-0.4, -0.2) is 34.2 Å². The van der Waals surface area contributed by atoms with Crippen LogP contribution < -0.4 is 0 Å². The van der Waals surface area contributed by atoms with Crippen molar-refractivity contribution in [1.82, 2.24) is 9.80 Å². The maximum absolute atomic E-state index is 13.1. The average Bonchev–Trinajstić information content (AvgIpc) is 3.34. The Morgan fingerprint density at radius 2 is 1.74 bits per heavy atom. The Hall–Kier alpha value is -2.56. The Labute approximate surface area is 160 Å². The number of amides is 2. The fourth-order valence-corrected chi connectivity index (χ4v) is 3.06. The predicted octanol–water partition coefficient (Wildman–Crippen LogP) is 3.85. The molecule has 0 spiro atoms. The summed E-state index contributed by atoms with van der Waals surface area (Å²) in [5.41, 5.74) is 0.561. The summed E-state index contributed by atoms with van der Waals surface area (Å²) in [6.07, 6.45) is 3.57. The molecule has 1 aliphatic carbocycles. The summed E-state index contributed by atoms with van der Waals surface area (Å²) in [5, 5.41) is 0. The summed E-state index contributed by atoms with van der Waals surface area (Å²) in [6, 6.07) is 13.8. The molecule has 0 unspecified atom stereocenters. The molecule has 2 aromatic rings. The molecule has 144 valence electrons. The Balaban J connectivity index is 1.75. The van der Waals surface area contributed by atoms with E-state index in [1.165, 1.54) is 0 Å². The van der Waals surface area contributed by atoms with Gasteiger partial charge in [0.2, 0.25) is 11.8 Å². The number of carbonyl (C=O) groups is 2. The topological polar surface area (TPSA) is 53.8 Å². The van der Waals surface area contributed by atoms with Crippen LogP contribution in [0.1, 0.15) is 44.9 Å². The number of benzene rings is 1. The van der Waals surface area contributed by atoms with Crippen molar-refractivity contribution in [3.05, 3.63) is 60.1 Å². The van der Waals surface area contributed by atoms with Gasteiger partial charge >= 0.3 is 0 Å². The van der Waals surface area contributed by atoms with Gasteiger partial charge in [0.25, 0.3) is 0 Å². The highest BCUT2D eigenvalue weighted by molar-refractivity contribution is 5.87. The van der Waals surface area contributed by atoms with Crippen molar-refractivity contribution in [1.29, 1.82) is 0 Å². The fraction of sp³-hybridized carbons (Fsp3) is 0.455. The maximum atomic E-state index is 13.1. The van der Waals surface area contributed by atoms with Crippen molar-refractivity contribution in [2.75, 3.05) is 6.54 Å². The van der Waals surface area contributed by atoms with Crippen LogP contribution in [0.25, 0.3) is 0 Å². The van der Waals surface area contributed by atoms with Crippen LogP contribution in [0, 0.1) is 5.41 Å². The molecule has 1 aromatic heterocycles. The molecule has 1 saturated carbocycles. The van der Waals surface area contributed by atoms with E-state index in [-0.39, 0.29) is 24.4 Å². The van der Waals surface area contributed by atoms with Gasteiger partial charge in [-0.25, -0.2) is 0 Å². The Kier molecular flexibility index (Phi) is 5.68. The molecule has 1 aromatic carbocycles. The first-order chi connectivity index (χ1) is 12.8. The van der Waals surface area contributed by atoms with Crippen LogP contribution in [0.4, 0.5) is 0 Å². The molecule has 0 bridgehead atoms. The second kappa shape index (κ2) is 7.99. The molecule has 0 aliphatic heterocycles. The van der Waals surface area contributed by atoms with Gasteiger partial charge in [-0.2, -0.15) is 0 Å². The number of carbonyl (C=O) groups excluding carboxylic acids is 2. The summed E-state index contributed by atoms with van der Waals surface area (Å²) >= 11 is 0. The molecule has 1 fully saturated rings. The molecule has 0 N–H and O–H groups in total. The quantitative estimate of drug-likeness (QED) is 0.746. The molecule has 1 aliphatic rings. The lowest BCUT2D eigenvalue weighted by atomic mass is 9.94. The van der Waals surface area contributed by atoms with Crippen LogP contribution in [0.2, 0.25) is 0 Å². The highest BCUT2D eigenvalue weighted by Gasteiger charge is 2.39. The molecule has 0 radical (unpaired) electrons. The van der Waals surface area contributed by atoms with E-state index >= 15 is 0 Å². The summed E-state index contributed by atoms with van der Waals surface area (Å²) < 4.78 is 5.44. The van der Waals surface area contributed by atoms with Crippen molar-refractivity contribution in [3.8, 4) is 0 Å². The minimum atomic E-state index is -0.492. The van der Waals surface area contributed by atoms with E-state index < -0.39 is 5.41 Å². The highest BCUT2D eigenvalue weighted by Crippen LogP contribution is 2.31. The molecule has 0 saturated heterocycles. The van der Waals surface area contributed by atoms with Gasteiger partial charge in [0.1, 0.15) is 12.3 Å². The summed E-state index contributed by atoms with van der Waals surface area (Å²) in [5.74, 6) is 0.718. The van der Waals surface area contributed by atoms with Crippen LogP contribution in [-0.2, 0) is 22.7 Å². The first-order valence-corrected chi connectivity index (χ1v) is 9.50. The molecule has 5 nitrogen and oxygen atoms in total.